The van der Waals surface area contributed by atoms with Gasteiger partial charge in [0.05, 0.1) is 5.69 Å². The van der Waals surface area contributed by atoms with Crippen LogP contribution in [0.15, 0.2) is 18.2 Å². The molecule has 0 aromatic heterocycles. The Hall–Kier alpha value is -1.22. The number of carbonyl (C=O) groups excluding carboxylic acids is 1. The second kappa shape index (κ2) is 2.92. The second-order valence-corrected chi connectivity index (χ2v) is 3.33. The van der Waals surface area contributed by atoms with E-state index >= 15 is 0 Å². The minimum absolute atomic E-state index is 0.130. The molecule has 1 amide bonds. The predicted octanol–water partition coefficient (Wildman–Crippen LogP) is 2.06. The Morgan fingerprint density at radius 2 is 2.31 bits per heavy atom. The molecule has 3 nitrogen and oxygen atoms in total. The number of benzene rings is 1. The smallest absolute Gasteiger partial charge is 0.265 e. The number of hydrogen-bond acceptors (Lipinski definition) is 2. The van der Waals surface area contributed by atoms with E-state index in [0.717, 1.165) is 0 Å². The zero-order chi connectivity index (χ0) is 9.42. The van der Waals surface area contributed by atoms with Gasteiger partial charge in [0.25, 0.3) is 5.91 Å². The highest BCUT2D eigenvalue weighted by Gasteiger charge is 2.23. The van der Waals surface area contributed by atoms with Crippen LogP contribution in [0, 0.1) is 0 Å². The molecular weight excluding hydrogens is 190 g/mol. The molecule has 68 valence electrons. The van der Waals surface area contributed by atoms with E-state index in [1.807, 2.05) is 0 Å². The molecule has 0 saturated carbocycles. The third kappa shape index (κ3) is 1.47. The molecule has 0 bridgehead atoms. The van der Waals surface area contributed by atoms with E-state index in [0.29, 0.717) is 16.5 Å². The van der Waals surface area contributed by atoms with Crippen molar-refractivity contribution in [1.29, 1.82) is 0 Å². The molecular formula is C9H8ClNO2. The van der Waals surface area contributed by atoms with Crippen LogP contribution in [0.5, 0.6) is 5.75 Å². The molecule has 1 aliphatic rings. The molecule has 1 atom stereocenters. The van der Waals surface area contributed by atoms with Crippen LogP contribution in [-0.4, -0.2) is 12.0 Å². The van der Waals surface area contributed by atoms with Crippen LogP contribution in [-0.2, 0) is 4.79 Å². The molecule has 0 saturated heterocycles. The normalized spacial score (nSPS) is 20.2. The summed E-state index contributed by atoms with van der Waals surface area (Å²) in [7, 11) is 0. The number of fused-ring (bicyclic) bond motifs is 1. The van der Waals surface area contributed by atoms with Crippen molar-refractivity contribution in [2.45, 2.75) is 13.0 Å². The van der Waals surface area contributed by atoms with E-state index in [1.165, 1.54) is 0 Å². The van der Waals surface area contributed by atoms with Crippen molar-refractivity contribution in [3.8, 4) is 5.75 Å². The van der Waals surface area contributed by atoms with Gasteiger partial charge in [-0.05, 0) is 19.1 Å². The summed E-state index contributed by atoms with van der Waals surface area (Å²) in [5, 5.41) is 3.31. The highest BCUT2D eigenvalue weighted by molar-refractivity contribution is 6.30. The fourth-order valence-electron chi connectivity index (χ4n) is 1.18. The topological polar surface area (TPSA) is 38.3 Å². The molecule has 1 aromatic carbocycles. The highest BCUT2D eigenvalue weighted by atomic mass is 35.5. The first-order chi connectivity index (χ1) is 6.16. The fourth-order valence-corrected chi connectivity index (χ4v) is 1.34. The lowest BCUT2D eigenvalue weighted by atomic mass is 10.2. The maximum Gasteiger partial charge on any atom is 0.265 e. The average Bonchev–Trinajstić information content (AvgIpc) is 2.08. The standard InChI is InChI=1S/C9H8ClNO2/c1-5-9(12)11-7-3-2-6(10)4-8(7)13-5/h2-5H,1H3,(H,11,12)/t5-/m1/s1. The van der Waals surface area contributed by atoms with Crippen molar-refractivity contribution >= 4 is 23.2 Å². The fraction of sp³-hybridized carbons (Fsp3) is 0.222. The molecule has 0 fully saturated rings. The maximum atomic E-state index is 11.2. The van der Waals surface area contributed by atoms with Crippen LogP contribution in [0.4, 0.5) is 5.69 Å². The lowest BCUT2D eigenvalue weighted by molar-refractivity contribution is -0.122. The monoisotopic (exact) mass is 197 g/mol. The number of hydrogen-bond donors (Lipinski definition) is 1. The summed E-state index contributed by atoms with van der Waals surface area (Å²) >= 11 is 5.77. The van der Waals surface area contributed by atoms with Gasteiger partial charge in [0, 0.05) is 11.1 Å². The zero-order valence-electron chi connectivity index (χ0n) is 7.00. The van der Waals surface area contributed by atoms with Gasteiger partial charge in [-0.1, -0.05) is 11.6 Å². The minimum Gasteiger partial charge on any atom is -0.479 e. The summed E-state index contributed by atoms with van der Waals surface area (Å²) < 4.78 is 5.33. The lowest BCUT2D eigenvalue weighted by Crippen LogP contribution is -2.34. The molecule has 0 spiro atoms. The van der Waals surface area contributed by atoms with Gasteiger partial charge < -0.3 is 10.1 Å². The van der Waals surface area contributed by atoms with Crippen molar-refractivity contribution in [2.75, 3.05) is 5.32 Å². The Morgan fingerprint density at radius 1 is 1.54 bits per heavy atom. The molecule has 2 rings (SSSR count). The van der Waals surface area contributed by atoms with Gasteiger partial charge in [0.1, 0.15) is 5.75 Å². The molecule has 1 aliphatic heterocycles. The van der Waals surface area contributed by atoms with E-state index < -0.39 is 6.10 Å². The van der Waals surface area contributed by atoms with Crippen LogP contribution < -0.4 is 10.1 Å². The summed E-state index contributed by atoms with van der Waals surface area (Å²) in [6, 6.07) is 5.12. The highest BCUT2D eigenvalue weighted by Crippen LogP contribution is 2.31. The number of halogens is 1. The number of ether oxygens (including phenoxy) is 1. The van der Waals surface area contributed by atoms with Gasteiger partial charge in [-0.2, -0.15) is 0 Å². The molecule has 0 radical (unpaired) electrons. The maximum absolute atomic E-state index is 11.2. The van der Waals surface area contributed by atoms with Crippen molar-refractivity contribution in [3.05, 3.63) is 23.2 Å². The molecule has 0 unspecified atom stereocenters. The van der Waals surface area contributed by atoms with Gasteiger partial charge >= 0.3 is 0 Å². The summed E-state index contributed by atoms with van der Waals surface area (Å²) in [6.07, 6.45) is -0.453. The quantitative estimate of drug-likeness (QED) is 0.692. The van der Waals surface area contributed by atoms with E-state index in [-0.39, 0.29) is 5.91 Å². The molecule has 0 aliphatic carbocycles. The van der Waals surface area contributed by atoms with E-state index in [9.17, 15) is 4.79 Å². The predicted molar refractivity (Wildman–Crippen MR) is 50.2 cm³/mol. The Labute approximate surface area is 80.6 Å². The third-order valence-electron chi connectivity index (χ3n) is 1.87. The SMILES string of the molecule is C[C@H]1Oc2cc(Cl)ccc2NC1=O. The second-order valence-electron chi connectivity index (χ2n) is 2.89. The first kappa shape index (κ1) is 8.38. The lowest BCUT2D eigenvalue weighted by Gasteiger charge is -2.23. The Balaban J connectivity index is 2.42. The van der Waals surface area contributed by atoms with Crippen molar-refractivity contribution in [2.24, 2.45) is 0 Å². The number of anilines is 1. The Bertz CT molecular complexity index is 365. The number of nitrogens with one attached hydrogen (secondary N) is 1. The zero-order valence-corrected chi connectivity index (χ0v) is 7.76. The molecule has 13 heavy (non-hydrogen) atoms. The van der Waals surface area contributed by atoms with E-state index in [2.05, 4.69) is 5.32 Å². The first-order valence-electron chi connectivity index (χ1n) is 3.94. The van der Waals surface area contributed by atoms with Crippen LogP contribution in [0.3, 0.4) is 0 Å². The third-order valence-corrected chi connectivity index (χ3v) is 2.11. The van der Waals surface area contributed by atoms with Crippen LogP contribution in [0.2, 0.25) is 5.02 Å². The summed E-state index contributed by atoms with van der Waals surface area (Å²) in [5.74, 6) is 0.495. The summed E-state index contributed by atoms with van der Waals surface area (Å²) in [4.78, 5) is 11.2. The molecule has 4 heteroatoms. The molecule has 1 N–H and O–H groups in total. The number of carbonyl (C=O) groups is 1. The van der Waals surface area contributed by atoms with Crippen LogP contribution in [0.1, 0.15) is 6.92 Å². The Kier molecular flexibility index (Phi) is 1.88. The van der Waals surface area contributed by atoms with E-state index in [1.54, 1.807) is 25.1 Å². The van der Waals surface area contributed by atoms with Gasteiger partial charge in [0.2, 0.25) is 0 Å². The van der Waals surface area contributed by atoms with Crippen molar-refractivity contribution in [1.82, 2.24) is 0 Å². The van der Waals surface area contributed by atoms with Gasteiger partial charge in [-0.25, -0.2) is 0 Å². The minimum atomic E-state index is -0.453. The summed E-state index contributed by atoms with van der Waals surface area (Å²) in [5.41, 5.74) is 0.674. The van der Waals surface area contributed by atoms with Crippen molar-refractivity contribution in [3.63, 3.8) is 0 Å². The number of rotatable bonds is 0. The average molecular weight is 198 g/mol. The van der Waals surface area contributed by atoms with Gasteiger partial charge in [-0.15, -0.1) is 0 Å². The number of amides is 1. The van der Waals surface area contributed by atoms with Crippen molar-refractivity contribution < 1.29 is 9.53 Å². The summed E-state index contributed by atoms with van der Waals surface area (Å²) in [6.45, 7) is 1.69. The Morgan fingerprint density at radius 3 is 3.08 bits per heavy atom. The largest absolute Gasteiger partial charge is 0.479 e. The molecule has 1 heterocycles. The van der Waals surface area contributed by atoms with Gasteiger partial charge in [-0.3, -0.25) is 4.79 Å². The van der Waals surface area contributed by atoms with Gasteiger partial charge in [0.15, 0.2) is 6.10 Å². The van der Waals surface area contributed by atoms with Crippen LogP contribution >= 0.6 is 11.6 Å². The first-order valence-corrected chi connectivity index (χ1v) is 4.31. The van der Waals surface area contributed by atoms with E-state index in [4.69, 9.17) is 16.3 Å². The molecule has 1 aromatic rings. The van der Waals surface area contributed by atoms with Crippen LogP contribution in [0.25, 0.3) is 0 Å².